The van der Waals surface area contributed by atoms with Gasteiger partial charge in [-0.05, 0) is 41.3 Å². The molecule has 0 amide bonds. The molecule has 7 nitrogen and oxygen atoms in total. The number of esters is 1. The second-order valence-electron chi connectivity index (χ2n) is 6.61. The standard InChI is InChI=1S/C21H20N2O2.CH4O3S/c22-21(23)19-10-4-3-7-16(19)9-5-11-20(24)25-18-13-12-15-6-1-2-8-17(15)14-18;1-5(2,3)4/h1-4,6-8,10,12-14H,5,9,11H2,(H3,22,23);1H3,(H,2,3,4)/p-1. The zero-order valence-corrected chi connectivity index (χ0v) is 17.3. The minimum Gasteiger partial charge on any atom is -0.748 e. The number of ether oxygens (including phenoxy) is 1. The number of aryl methyl sites for hydroxylation is 1. The Labute approximate surface area is 175 Å². The van der Waals surface area contributed by atoms with Gasteiger partial charge in [-0.25, -0.2) is 8.42 Å². The van der Waals surface area contributed by atoms with E-state index < -0.39 is 10.1 Å². The van der Waals surface area contributed by atoms with Crippen LogP contribution >= 0.6 is 0 Å². The van der Waals surface area contributed by atoms with Crippen molar-refractivity contribution in [3.05, 3.63) is 77.9 Å². The van der Waals surface area contributed by atoms with Crippen molar-refractivity contribution in [2.24, 2.45) is 5.73 Å². The molecule has 0 saturated heterocycles. The maximum absolute atomic E-state index is 12.1. The van der Waals surface area contributed by atoms with Crippen molar-refractivity contribution in [3.8, 4) is 5.75 Å². The van der Waals surface area contributed by atoms with Crippen molar-refractivity contribution in [2.75, 3.05) is 6.26 Å². The summed E-state index contributed by atoms with van der Waals surface area (Å²) in [5, 5.41) is 9.76. The summed E-state index contributed by atoms with van der Waals surface area (Å²) >= 11 is 0. The third kappa shape index (κ3) is 8.02. The quantitative estimate of drug-likeness (QED) is 0.204. The van der Waals surface area contributed by atoms with Crippen molar-refractivity contribution in [2.45, 2.75) is 19.3 Å². The largest absolute Gasteiger partial charge is 0.748 e. The van der Waals surface area contributed by atoms with E-state index in [1.54, 1.807) is 0 Å². The zero-order valence-electron chi connectivity index (χ0n) is 16.5. The maximum atomic E-state index is 12.1. The van der Waals surface area contributed by atoms with Crippen molar-refractivity contribution >= 4 is 32.7 Å². The first-order chi connectivity index (χ1) is 14.1. The van der Waals surface area contributed by atoms with E-state index in [0.717, 1.165) is 21.9 Å². The second-order valence-corrected chi connectivity index (χ2v) is 8.02. The van der Waals surface area contributed by atoms with Crippen LogP contribution in [-0.4, -0.2) is 31.0 Å². The van der Waals surface area contributed by atoms with Crippen LogP contribution in [0.1, 0.15) is 24.0 Å². The number of nitrogen functional groups attached to an aromatic ring is 1. The van der Waals surface area contributed by atoms with E-state index in [0.29, 0.717) is 31.3 Å². The number of benzene rings is 3. The lowest BCUT2D eigenvalue weighted by molar-refractivity contribution is -0.134. The van der Waals surface area contributed by atoms with Gasteiger partial charge in [0.15, 0.2) is 0 Å². The van der Waals surface area contributed by atoms with Crippen LogP contribution in [0.5, 0.6) is 5.75 Å². The highest BCUT2D eigenvalue weighted by atomic mass is 32.2. The molecule has 0 bridgehead atoms. The molecule has 0 radical (unpaired) electrons. The highest BCUT2D eigenvalue weighted by Crippen LogP contribution is 2.21. The predicted octanol–water partition coefficient (Wildman–Crippen LogP) is 3.21. The molecule has 0 aliphatic carbocycles. The van der Waals surface area contributed by atoms with E-state index in [4.69, 9.17) is 28.9 Å². The van der Waals surface area contributed by atoms with Crippen LogP contribution in [0.4, 0.5) is 0 Å². The van der Waals surface area contributed by atoms with Gasteiger partial charge in [0.1, 0.15) is 11.6 Å². The molecule has 0 saturated carbocycles. The molecule has 0 atom stereocenters. The fraction of sp³-hybridized carbons (Fsp3) is 0.182. The summed E-state index contributed by atoms with van der Waals surface area (Å²) in [6.07, 6.45) is 2.26. The Morgan fingerprint density at radius 2 is 1.63 bits per heavy atom. The highest BCUT2D eigenvalue weighted by Gasteiger charge is 2.08. The third-order valence-electron chi connectivity index (χ3n) is 4.09. The van der Waals surface area contributed by atoms with Crippen molar-refractivity contribution in [3.63, 3.8) is 0 Å². The van der Waals surface area contributed by atoms with E-state index in [1.807, 2.05) is 66.7 Å². The molecule has 0 aliphatic heterocycles. The number of fused-ring (bicyclic) bond motifs is 1. The Bertz CT molecular complexity index is 1130. The molecule has 0 fully saturated rings. The summed E-state index contributed by atoms with van der Waals surface area (Å²) in [5.41, 5.74) is 7.29. The van der Waals surface area contributed by atoms with E-state index in [9.17, 15) is 4.79 Å². The molecule has 8 heteroatoms. The van der Waals surface area contributed by atoms with Gasteiger partial charge in [0.25, 0.3) is 0 Å². The van der Waals surface area contributed by atoms with Crippen molar-refractivity contribution in [1.82, 2.24) is 0 Å². The second kappa shape index (κ2) is 10.5. The summed E-state index contributed by atoms with van der Waals surface area (Å²) in [5.74, 6) is 0.359. The molecule has 0 unspecified atom stereocenters. The van der Waals surface area contributed by atoms with Gasteiger partial charge in [0, 0.05) is 18.2 Å². The first kappa shape index (κ1) is 23.1. The van der Waals surface area contributed by atoms with Gasteiger partial charge in [0.2, 0.25) is 0 Å². The number of nitrogens with two attached hydrogens (primary N) is 1. The summed E-state index contributed by atoms with van der Waals surface area (Å²) < 4.78 is 32.7. The van der Waals surface area contributed by atoms with Crippen LogP contribution in [-0.2, 0) is 21.3 Å². The molecular weight excluding hydrogens is 404 g/mol. The summed E-state index contributed by atoms with van der Waals surface area (Å²) in [7, 11) is -3.92. The molecule has 30 heavy (non-hydrogen) atoms. The molecule has 158 valence electrons. The topological polar surface area (TPSA) is 133 Å². The number of nitrogens with one attached hydrogen (secondary N) is 1. The van der Waals surface area contributed by atoms with Gasteiger partial charge < -0.3 is 15.0 Å². The predicted molar refractivity (Wildman–Crippen MR) is 116 cm³/mol. The molecule has 0 aliphatic rings. The van der Waals surface area contributed by atoms with E-state index in [2.05, 4.69) is 0 Å². The SMILES string of the molecule is CS(=O)(=O)[O-].N=C(N)c1ccccc1CCCC(=O)Oc1ccc2ccccc2c1. The fourth-order valence-corrected chi connectivity index (χ4v) is 2.84. The molecule has 3 aromatic carbocycles. The van der Waals surface area contributed by atoms with Crippen LogP contribution in [0.25, 0.3) is 10.8 Å². The fourth-order valence-electron chi connectivity index (χ4n) is 2.84. The lowest BCUT2D eigenvalue weighted by Gasteiger charge is -2.08. The first-order valence-electron chi connectivity index (χ1n) is 9.16. The minimum atomic E-state index is -3.92. The summed E-state index contributed by atoms with van der Waals surface area (Å²) in [6.45, 7) is 0. The van der Waals surface area contributed by atoms with E-state index in [-0.39, 0.29) is 11.8 Å². The van der Waals surface area contributed by atoms with Crippen LogP contribution in [0.15, 0.2) is 66.7 Å². The van der Waals surface area contributed by atoms with E-state index in [1.165, 1.54) is 0 Å². The van der Waals surface area contributed by atoms with Crippen molar-refractivity contribution in [1.29, 1.82) is 5.41 Å². The van der Waals surface area contributed by atoms with Crippen LogP contribution < -0.4 is 10.5 Å². The van der Waals surface area contributed by atoms with Gasteiger partial charge in [0.05, 0.1) is 10.1 Å². The third-order valence-corrected chi connectivity index (χ3v) is 4.09. The number of hydrogen-bond acceptors (Lipinski definition) is 6. The summed E-state index contributed by atoms with van der Waals surface area (Å²) in [6, 6.07) is 21.1. The molecule has 3 aromatic rings. The maximum Gasteiger partial charge on any atom is 0.311 e. The smallest absolute Gasteiger partial charge is 0.311 e. The minimum absolute atomic E-state index is 0.0503. The van der Waals surface area contributed by atoms with Gasteiger partial charge in [-0.3, -0.25) is 10.2 Å². The molecule has 0 aromatic heterocycles. The molecule has 3 N–H and O–H groups in total. The lowest BCUT2D eigenvalue weighted by atomic mass is 10.0. The van der Waals surface area contributed by atoms with Crippen LogP contribution in [0, 0.1) is 5.41 Å². The van der Waals surface area contributed by atoms with Gasteiger partial charge in [-0.15, -0.1) is 0 Å². The Hall–Kier alpha value is -3.23. The summed E-state index contributed by atoms with van der Waals surface area (Å²) in [4.78, 5) is 12.1. The van der Waals surface area contributed by atoms with Crippen LogP contribution in [0.2, 0.25) is 0 Å². The lowest BCUT2D eigenvalue weighted by Crippen LogP contribution is -2.14. The monoisotopic (exact) mass is 427 g/mol. The normalized spacial score (nSPS) is 10.7. The Morgan fingerprint density at radius 3 is 2.30 bits per heavy atom. The number of carbonyl (C=O) groups is 1. The molecule has 0 spiro atoms. The number of amidine groups is 1. The molecule has 0 heterocycles. The van der Waals surface area contributed by atoms with Gasteiger partial charge in [-0.1, -0.05) is 54.6 Å². The Morgan fingerprint density at radius 1 is 1.03 bits per heavy atom. The first-order valence-corrected chi connectivity index (χ1v) is 11.0. The molecular formula is C22H23N2O5S-. The van der Waals surface area contributed by atoms with Gasteiger partial charge >= 0.3 is 5.97 Å². The Kier molecular flexibility index (Phi) is 8.08. The zero-order chi connectivity index (χ0) is 22.1. The highest BCUT2D eigenvalue weighted by molar-refractivity contribution is 7.84. The average molecular weight is 428 g/mol. The van der Waals surface area contributed by atoms with Gasteiger partial charge in [-0.2, -0.15) is 0 Å². The average Bonchev–Trinajstić information content (AvgIpc) is 2.67. The number of carbonyl (C=O) groups excluding carboxylic acids is 1. The number of hydrogen-bond donors (Lipinski definition) is 2. The van der Waals surface area contributed by atoms with Crippen LogP contribution in [0.3, 0.4) is 0 Å². The van der Waals surface area contributed by atoms with Crippen molar-refractivity contribution < 1.29 is 22.5 Å². The number of rotatable bonds is 6. The molecule has 3 rings (SSSR count). The Balaban J connectivity index is 0.000000575. The van der Waals surface area contributed by atoms with E-state index >= 15 is 0 Å².